The number of β-lactam (4-membered cyclic amide) rings is 1. The molecule has 2 aromatic rings. The number of hydrogen-bond donors (Lipinski definition) is 5. The van der Waals surface area contributed by atoms with E-state index in [0.717, 1.165) is 11.5 Å². The Balaban J connectivity index is 1.52. The van der Waals surface area contributed by atoms with Gasteiger partial charge in [0.05, 0.1) is 12.6 Å². The van der Waals surface area contributed by atoms with Crippen molar-refractivity contribution in [2.45, 2.75) is 37.0 Å². The van der Waals surface area contributed by atoms with Gasteiger partial charge in [0.15, 0.2) is 5.13 Å². The van der Waals surface area contributed by atoms with Crippen molar-refractivity contribution in [3.05, 3.63) is 23.2 Å². The Morgan fingerprint density at radius 1 is 1.34 bits per heavy atom. The number of aromatic nitrogens is 4. The summed E-state index contributed by atoms with van der Waals surface area (Å²) in [6.45, 7) is 4.32. The molecule has 4 heterocycles. The molecule has 1 saturated heterocycles. The molecule has 202 valence electrons. The highest BCUT2D eigenvalue weighted by Crippen LogP contribution is 2.41. The Morgan fingerprint density at radius 3 is 2.74 bits per heavy atom. The third-order valence-corrected chi connectivity index (χ3v) is 8.39. The van der Waals surface area contributed by atoms with Crippen LogP contribution in [0.2, 0.25) is 0 Å². The third-order valence-electron chi connectivity index (χ3n) is 5.44. The summed E-state index contributed by atoms with van der Waals surface area (Å²) in [5, 5.41) is 16.4. The van der Waals surface area contributed by atoms with Gasteiger partial charge in [-0.1, -0.05) is 10.1 Å². The summed E-state index contributed by atoms with van der Waals surface area (Å²) in [7, 11) is 0. The number of carboxylic acids is 1. The Bertz CT molecular complexity index is 1350. The fourth-order valence-corrected chi connectivity index (χ4v) is 6.78. The second kappa shape index (κ2) is 11.4. The lowest BCUT2D eigenvalue weighted by Crippen LogP contribution is -2.71. The van der Waals surface area contributed by atoms with E-state index in [1.54, 1.807) is 17.6 Å². The smallest absolute Gasteiger partial charge is 0.352 e. The summed E-state index contributed by atoms with van der Waals surface area (Å²) in [6, 6.07) is 0.574. The molecule has 0 aromatic carbocycles. The van der Waals surface area contributed by atoms with Gasteiger partial charge in [-0.3, -0.25) is 14.5 Å². The molecule has 0 radical (unpaired) electrons. The number of nitrogens with two attached hydrogens (primary N) is 3. The Labute approximate surface area is 229 Å². The van der Waals surface area contributed by atoms with E-state index in [0.29, 0.717) is 28.8 Å². The number of nitrogen functional groups attached to an aromatic ring is 3. The van der Waals surface area contributed by atoms with Crippen molar-refractivity contribution in [1.29, 1.82) is 0 Å². The Kier molecular flexibility index (Phi) is 8.22. The molecule has 8 N–H and O–H groups in total. The van der Waals surface area contributed by atoms with Crippen molar-refractivity contribution < 1.29 is 28.9 Å². The lowest BCUT2D eigenvalue weighted by Gasteiger charge is -2.49. The van der Waals surface area contributed by atoms with Gasteiger partial charge in [-0.25, -0.2) is 9.36 Å². The first-order valence-corrected chi connectivity index (χ1v) is 14.1. The molecule has 1 fully saturated rings. The van der Waals surface area contributed by atoms with Crippen LogP contribution >= 0.6 is 35.1 Å². The summed E-state index contributed by atoms with van der Waals surface area (Å²) < 4.78 is 5.74. The van der Waals surface area contributed by atoms with Crippen molar-refractivity contribution in [2.24, 2.45) is 5.16 Å². The highest BCUT2D eigenvalue weighted by molar-refractivity contribution is 8.01. The highest BCUT2D eigenvalue weighted by Gasteiger charge is 2.54. The van der Waals surface area contributed by atoms with Gasteiger partial charge in [0.25, 0.3) is 11.8 Å². The van der Waals surface area contributed by atoms with E-state index in [-0.39, 0.29) is 40.5 Å². The summed E-state index contributed by atoms with van der Waals surface area (Å²) in [4.78, 5) is 52.7. The van der Waals surface area contributed by atoms with Gasteiger partial charge in [0.2, 0.25) is 23.2 Å². The molecule has 2 aliphatic rings. The van der Waals surface area contributed by atoms with Crippen molar-refractivity contribution >= 4 is 75.3 Å². The molecule has 15 nitrogen and oxygen atoms in total. The number of carbonyl (C=O) groups excluding carboxylic acids is 2. The molecule has 0 spiro atoms. The second-order valence-electron chi connectivity index (χ2n) is 7.85. The molecule has 4 rings (SSSR count). The fourth-order valence-electron chi connectivity index (χ4n) is 3.77. The molecule has 38 heavy (non-hydrogen) atoms. The number of hydrogen-bond acceptors (Lipinski definition) is 14. The molecular formula is C20H25N10O5S3+. The molecule has 2 atom stereocenters. The minimum Gasteiger partial charge on any atom is -0.477 e. The van der Waals surface area contributed by atoms with Crippen molar-refractivity contribution in [3.8, 4) is 0 Å². The van der Waals surface area contributed by atoms with E-state index in [2.05, 4.69) is 24.8 Å². The van der Waals surface area contributed by atoms with Gasteiger partial charge in [-0.2, -0.15) is 9.36 Å². The van der Waals surface area contributed by atoms with E-state index in [1.807, 2.05) is 6.92 Å². The second-order valence-corrected chi connectivity index (χ2v) is 10.7. The number of rotatable bonds is 10. The predicted molar refractivity (Wildman–Crippen MR) is 142 cm³/mol. The van der Waals surface area contributed by atoms with Gasteiger partial charge < -0.3 is 32.5 Å². The maximum Gasteiger partial charge on any atom is 0.352 e. The maximum atomic E-state index is 13.1. The van der Waals surface area contributed by atoms with Gasteiger partial charge in [0.1, 0.15) is 23.7 Å². The summed E-state index contributed by atoms with van der Waals surface area (Å²) in [5.74, 6) is -1.33. The van der Waals surface area contributed by atoms with Gasteiger partial charge in [-0.15, -0.1) is 11.8 Å². The first kappa shape index (κ1) is 27.4. The van der Waals surface area contributed by atoms with E-state index in [9.17, 15) is 19.5 Å². The van der Waals surface area contributed by atoms with E-state index in [1.165, 1.54) is 28.4 Å². The van der Waals surface area contributed by atoms with Crippen LogP contribution in [-0.2, 0) is 25.8 Å². The molecule has 0 saturated carbocycles. The quantitative estimate of drug-likeness (QED) is 0.0582. The number of amides is 2. The van der Waals surface area contributed by atoms with Crippen LogP contribution in [0, 0.1) is 0 Å². The number of carbonyl (C=O) groups is 3. The number of anilines is 3. The number of oxime groups is 1. The largest absolute Gasteiger partial charge is 0.477 e. The number of nitrogens with zero attached hydrogens (tertiary/aromatic N) is 6. The lowest BCUT2D eigenvalue weighted by molar-refractivity contribution is -0.719. The first-order valence-electron chi connectivity index (χ1n) is 11.2. The van der Waals surface area contributed by atoms with Crippen LogP contribution in [0.4, 0.5) is 16.8 Å². The zero-order valence-corrected chi connectivity index (χ0v) is 22.7. The first-order chi connectivity index (χ1) is 18.2. The average Bonchev–Trinajstić information content (AvgIpc) is 3.30. The van der Waals surface area contributed by atoms with Crippen LogP contribution in [0.25, 0.3) is 0 Å². The maximum absolute atomic E-state index is 13.1. The molecule has 2 aromatic heterocycles. The molecule has 0 bridgehead atoms. The minimum absolute atomic E-state index is 0.0380. The standard InChI is InChI=1S/C20H24N10O5S3/c1-3-29-10(22)5-9(21)24-20(29)37-7-8-6-36-17-12(16(32)30(17)13(8)18(33)34)25-15(31)11(27-35-4-2)14-26-19(23)38-28-14/h5,12,17H,3-4,6-7H2,1-2H3,(H7,21,22,23,25,26,28,31,33,34)/p+1/b27-11-/t12?,17-/m1/s1. The predicted octanol–water partition coefficient (Wildman–Crippen LogP) is -0.741. The monoisotopic (exact) mass is 581 g/mol. The molecule has 2 amide bonds. The summed E-state index contributed by atoms with van der Waals surface area (Å²) in [6.07, 6.45) is 0. The van der Waals surface area contributed by atoms with Crippen LogP contribution in [0.3, 0.4) is 0 Å². The summed E-state index contributed by atoms with van der Waals surface area (Å²) in [5.41, 5.74) is 17.7. The van der Waals surface area contributed by atoms with E-state index < -0.39 is 29.2 Å². The summed E-state index contributed by atoms with van der Waals surface area (Å²) >= 11 is 3.49. The molecule has 1 unspecified atom stereocenters. The lowest BCUT2D eigenvalue weighted by atomic mass is 10.0. The van der Waals surface area contributed by atoms with E-state index in [4.69, 9.17) is 22.0 Å². The zero-order valence-electron chi connectivity index (χ0n) is 20.3. The molecule has 18 heteroatoms. The molecular weight excluding hydrogens is 556 g/mol. The number of carboxylic acid groups (broad SMARTS) is 1. The highest BCUT2D eigenvalue weighted by atomic mass is 32.2. The van der Waals surface area contributed by atoms with Crippen molar-refractivity contribution in [3.63, 3.8) is 0 Å². The Morgan fingerprint density at radius 2 is 2.11 bits per heavy atom. The number of fused-ring (bicyclic) bond motifs is 1. The average molecular weight is 582 g/mol. The normalized spacial score (nSPS) is 19.2. The van der Waals surface area contributed by atoms with Crippen LogP contribution in [-0.4, -0.2) is 77.4 Å². The topological polar surface area (TPSA) is 229 Å². The third kappa shape index (κ3) is 5.32. The SMILES string of the molecule is CCO/N=C(\C(=O)NC1C(=O)N2C(C(=O)O)=C(CSc3nc(N)cc(N)[n+]3CC)CS[C@H]12)c1nsc(N)n1. The molecule has 0 aliphatic carbocycles. The zero-order chi connectivity index (χ0) is 27.6. The van der Waals surface area contributed by atoms with Crippen LogP contribution < -0.4 is 27.1 Å². The van der Waals surface area contributed by atoms with Gasteiger partial charge in [0, 0.05) is 23.0 Å². The fraction of sp³-hybridized carbons (Fsp3) is 0.400. The number of aliphatic carboxylic acids is 1. The number of thioether (sulfide) groups is 2. The Hall–Kier alpha value is -3.64. The van der Waals surface area contributed by atoms with Crippen molar-refractivity contribution in [2.75, 3.05) is 35.3 Å². The van der Waals surface area contributed by atoms with E-state index >= 15 is 0 Å². The van der Waals surface area contributed by atoms with Crippen molar-refractivity contribution in [1.82, 2.24) is 24.6 Å². The minimum atomic E-state index is -1.24. The van der Waals surface area contributed by atoms with Crippen LogP contribution in [0.1, 0.15) is 19.7 Å². The van der Waals surface area contributed by atoms with Crippen LogP contribution in [0.15, 0.2) is 27.6 Å². The van der Waals surface area contributed by atoms with Gasteiger partial charge in [-0.05, 0) is 31.2 Å². The van der Waals surface area contributed by atoms with Gasteiger partial charge >= 0.3 is 11.1 Å². The number of nitrogens with one attached hydrogen (secondary N) is 1. The molecule has 2 aliphatic heterocycles. The van der Waals surface area contributed by atoms with Crippen LogP contribution in [0.5, 0.6) is 0 Å².